The summed E-state index contributed by atoms with van der Waals surface area (Å²) in [7, 11) is 0. The van der Waals surface area contributed by atoms with Crippen molar-refractivity contribution in [3.63, 3.8) is 0 Å². The number of hydrogen-bond acceptors (Lipinski definition) is 3. The Morgan fingerprint density at radius 1 is 1.47 bits per heavy atom. The van der Waals surface area contributed by atoms with Crippen LogP contribution in [0.25, 0.3) is 0 Å². The number of nitrogens with two attached hydrogens (primary N) is 1. The van der Waals surface area contributed by atoms with E-state index in [1.54, 1.807) is 0 Å². The van der Waals surface area contributed by atoms with Crippen molar-refractivity contribution in [2.24, 2.45) is 5.41 Å². The lowest BCUT2D eigenvalue weighted by molar-refractivity contribution is -0.141. The van der Waals surface area contributed by atoms with E-state index in [0.717, 1.165) is 32.4 Å². The van der Waals surface area contributed by atoms with Crippen LogP contribution >= 0.6 is 0 Å². The maximum absolute atomic E-state index is 12.4. The molecule has 1 aromatic rings. The van der Waals surface area contributed by atoms with E-state index in [4.69, 9.17) is 5.73 Å². The van der Waals surface area contributed by atoms with Crippen LogP contribution in [0.2, 0.25) is 0 Å². The van der Waals surface area contributed by atoms with Gasteiger partial charge < -0.3 is 10.6 Å². The summed E-state index contributed by atoms with van der Waals surface area (Å²) in [6, 6.07) is 2.18. The van der Waals surface area contributed by atoms with Gasteiger partial charge in [-0.1, -0.05) is 20.8 Å². The number of aromatic nitrogens is 2. The van der Waals surface area contributed by atoms with Gasteiger partial charge in [-0.3, -0.25) is 9.48 Å². The minimum atomic E-state index is -0.247. The highest BCUT2D eigenvalue weighted by Gasteiger charge is 2.32. The fourth-order valence-corrected chi connectivity index (χ4v) is 2.47. The quantitative estimate of drug-likeness (QED) is 0.909. The first-order chi connectivity index (χ1) is 8.94. The Morgan fingerprint density at radius 2 is 2.11 bits per heavy atom. The monoisotopic (exact) mass is 264 g/mol. The van der Waals surface area contributed by atoms with Crippen molar-refractivity contribution in [1.82, 2.24) is 14.7 Å². The molecule has 1 saturated heterocycles. The van der Waals surface area contributed by atoms with E-state index < -0.39 is 0 Å². The van der Waals surface area contributed by atoms with E-state index in [1.807, 2.05) is 35.7 Å². The van der Waals surface area contributed by atoms with Crippen molar-refractivity contribution < 1.29 is 4.79 Å². The molecule has 0 spiro atoms. The van der Waals surface area contributed by atoms with E-state index in [1.165, 1.54) is 0 Å². The molecule has 19 heavy (non-hydrogen) atoms. The number of amides is 1. The lowest BCUT2D eigenvalue weighted by Crippen LogP contribution is -2.45. The second kappa shape index (κ2) is 5.23. The van der Waals surface area contributed by atoms with Gasteiger partial charge in [0.05, 0.1) is 6.04 Å². The van der Waals surface area contributed by atoms with Crippen LogP contribution < -0.4 is 5.73 Å². The SMILES string of the molecule is CCC(C)(C)C(=O)N1CCC(n2ccc(N)n2)CC1. The minimum Gasteiger partial charge on any atom is -0.382 e. The van der Waals surface area contributed by atoms with Crippen LogP contribution in [0.15, 0.2) is 12.3 Å². The molecule has 1 amide bonds. The molecule has 0 saturated carbocycles. The third-order valence-corrected chi connectivity index (χ3v) is 4.22. The molecular weight excluding hydrogens is 240 g/mol. The van der Waals surface area contributed by atoms with Gasteiger partial charge >= 0.3 is 0 Å². The van der Waals surface area contributed by atoms with Gasteiger partial charge in [-0.25, -0.2) is 0 Å². The Labute approximate surface area is 114 Å². The second-order valence-corrected chi connectivity index (χ2v) is 5.98. The summed E-state index contributed by atoms with van der Waals surface area (Å²) in [6.45, 7) is 7.74. The molecule has 0 atom stereocenters. The van der Waals surface area contributed by atoms with E-state index in [9.17, 15) is 4.79 Å². The number of nitrogen functional groups attached to an aromatic ring is 1. The third kappa shape index (κ3) is 2.91. The number of nitrogens with zero attached hydrogens (tertiary/aromatic N) is 3. The number of hydrogen-bond donors (Lipinski definition) is 1. The highest BCUT2D eigenvalue weighted by Crippen LogP contribution is 2.28. The average Bonchev–Trinajstić information content (AvgIpc) is 2.85. The summed E-state index contributed by atoms with van der Waals surface area (Å²) in [6.07, 6.45) is 4.70. The van der Waals surface area contributed by atoms with Crippen molar-refractivity contribution >= 4 is 11.7 Å². The fraction of sp³-hybridized carbons (Fsp3) is 0.714. The maximum Gasteiger partial charge on any atom is 0.228 e. The molecule has 1 aromatic heterocycles. The van der Waals surface area contributed by atoms with Crippen LogP contribution in [0.1, 0.15) is 46.1 Å². The lowest BCUT2D eigenvalue weighted by Gasteiger charge is -2.36. The molecule has 2 N–H and O–H groups in total. The number of likely N-dealkylation sites (tertiary alicyclic amines) is 1. The fourth-order valence-electron chi connectivity index (χ4n) is 2.47. The zero-order chi connectivity index (χ0) is 14.0. The standard InChI is InChI=1S/C14H24N4O/c1-4-14(2,3)13(19)17-8-5-11(6-9-17)18-10-7-12(15)16-18/h7,10-11H,4-6,8-9H2,1-3H3,(H2,15,16). The Morgan fingerprint density at radius 3 is 2.58 bits per heavy atom. The number of carbonyl (C=O) groups is 1. The molecule has 2 rings (SSSR count). The molecule has 1 aliphatic heterocycles. The van der Waals surface area contributed by atoms with Crippen molar-refractivity contribution in [1.29, 1.82) is 0 Å². The average molecular weight is 264 g/mol. The van der Waals surface area contributed by atoms with Crippen LogP contribution in [0, 0.1) is 5.41 Å². The van der Waals surface area contributed by atoms with Gasteiger partial charge in [0.15, 0.2) is 0 Å². The minimum absolute atomic E-state index is 0.247. The summed E-state index contributed by atoms with van der Waals surface area (Å²) in [5, 5.41) is 4.26. The molecule has 2 heterocycles. The first-order valence-corrected chi connectivity index (χ1v) is 7.04. The Balaban J connectivity index is 1.94. The van der Waals surface area contributed by atoms with E-state index in [-0.39, 0.29) is 11.3 Å². The predicted octanol–water partition coefficient (Wildman–Crippen LogP) is 2.07. The molecular formula is C14H24N4O. The first-order valence-electron chi connectivity index (χ1n) is 7.04. The topological polar surface area (TPSA) is 64.2 Å². The molecule has 0 aromatic carbocycles. The first kappa shape index (κ1) is 13.9. The molecule has 106 valence electrons. The Kier molecular flexibility index (Phi) is 3.83. The zero-order valence-electron chi connectivity index (χ0n) is 12.1. The molecule has 5 heteroatoms. The van der Waals surface area contributed by atoms with E-state index >= 15 is 0 Å². The molecule has 5 nitrogen and oxygen atoms in total. The van der Waals surface area contributed by atoms with Crippen molar-refractivity contribution in [2.45, 2.75) is 46.1 Å². The smallest absolute Gasteiger partial charge is 0.228 e. The lowest BCUT2D eigenvalue weighted by atomic mass is 9.87. The van der Waals surface area contributed by atoms with Crippen LogP contribution in [0.5, 0.6) is 0 Å². The third-order valence-electron chi connectivity index (χ3n) is 4.22. The van der Waals surface area contributed by atoms with Gasteiger partial charge in [0.2, 0.25) is 5.91 Å². The number of rotatable bonds is 3. The van der Waals surface area contributed by atoms with E-state index in [0.29, 0.717) is 11.9 Å². The van der Waals surface area contributed by atoms with Gasteiger partial charge in [0.1, 0.15) is 5.82 Å². The number of carbonyl (C=O) groups excluding carboxylic acids is 1. The normalized spacial score (nSPS) is 17.7. The largest absolute Gasteiger partial charge is 0.382 e. The summed E-state index contributed by atoms with van der Waals surface area (Å²) in [5.74, 6) is 0.832. The van der Waals surface area contributed by atoms with E-state index in [2.05, 4.69) is 12.0 Å². The van der Waals surface area contributed by atoms with Gasteiger partial charge in [-0.2, -0.15) is 5.10 Å². The molecule has 0 unspecified atom stereocenters. The van der Waals surface area contributed by atoms with Crippen LogP contribution in [-0.2, 0) is 4.79 Å². The van der Waals surface area contributed by atoms with Crippen LogP contribution in [0.4, 0.5) is 5.82 Å². The van der Waals surface area contributed by atoms with Gasteiger partial charge in [0, 0.05) is 24.7 Å². The maximum atomic E-state index is 12.4. The molecule has 1 fully saturated rings. The highest BCUT2D eigenvalue weighted by atomic mass is 16.2. The second-order valence-electron chi connectivity index (χ2n) is 5.98. The van der Waals surface area contributed by atoms with Crippen molar-refractivity contribution in [2.75, 3.05) is 18.8 Å². The van der Waals surface area contributed by atoms with Crippen LogP contribution in [-0.4, -0.2) is 33.7 Å². The Bertz CT molecular complexity index is 444. The molecule has 0 radical (unpaired) electrons. The van der Waals surface area contributed by atoms with Gasteiger partial charge in [-0.15, -0.1) is 0 Å². The molecule has 0 bridgehead atoms. The van der Waals surface area contributed by atoms with Gasteiger partial charge in [-0.05, 0) is 25.3 Å². The van der Waals surface area contributed by atoms with Crippen molar-refractivity contribution in [3.8, 4) is 0 Å². The number of anilines is 1. The summed E-state index contributed by atoms with van der Waals surface area (Å²) < 4.78 is 1.93. The summed E-state index contributed by atoms with van der Waals surface area (Å²) in [4.78, 5) is 14.4. The van der Waals surface area contributed by atoms with Gasteiger partial charge in [0.25, 0.3) is 0 Å². The molecule has 1 aliphatic rings. The zero-order valence-corrected chi connectivity index (χ0v) is 12.1. The predicted molar refractivity (Wildman–Crippen MR) is 75.6 cm³/mol. The Hall–Kier alpha value is -1.52. The van der Waals surface area contributed by atoms with Crippen LogP contribution in [0.3, 0.4) is 0 Å². The highest BCUT2D eigenvalue weighted by molar-refractivity contribution is 5.81. The summed E-state index contributed by atoms with van der Waals surface area (Å²) >= 11 is 0. The summed E-state index contributed by atoms with van der Waals surface area (Å²) in [5.41, 5.74) is 5.39. The molecule has 0 aliphatic carbocycles. The number of piperidine rings is 1. The van der Waals surface area contributed by atoms with Crippen molar-refractivity contribution in [3.05, 3.63) is 12.3 Å².